The topological polar surface area (TPSA) is 61.7 Å². The highest BCUT2D eigenvalue weighted by atomic mass is 79.9. The van der Waals surface area contributed by atoms with Crippen LogP contribution in [-0.2, 0) is 0 Å². The van der Waals surface area contributed by atoms with Crippen molar-refractivity contribution < 1.29 is 9.90 Å². The lowest BCUT2D eigenvalue weighted by Gasteiger charge is -2.02. The summed E-state index contributed by atoms with van der Waals surface area (Å²) in [4.78, 5) is 11.8. The van der Waals surface area contributed by atoms with Gasteiger partial charge in [0.05, 0.1) is 5.56 Å². The maximum Gasteiger partial charge on any atom is 0.275 e. The van der Waals surface area contributed by atoms with Gasteiger partial charge in [-0.2, -0.15) is 5.10 Å². The summed E-state index contributed by atoms with van der Waals surface area (Å²) >= 11 is 3.24. The van der Waals surface area contributed by atoms with E-state index in [0.29, 0.717) is 4.47 Å². The molecule has 0 saturated heterocycles. The number of nitrogens with one attached hydrogen (secondary N) is 1. The van der Waals surface area contributed by atoms with Crippen LogP contribution in [0.1, 0.15) is 15.9 Å². The van der Waals surface area contributed by atoms with Crippen molar-refractivity contribution in [2.24, 2.45) is 5.10 Å². The lowest BCUT2D eigenvalue weighted by molar-refractivity contribution is 0.0952. The molecule has 2 N–H and O–H groups in total. The predicted octanol–water partition coefficient (Wildman–Crippen LogP) is 3.58. The van der Waals surface area contributed by atoms with Crippen LogP contribution in [0, 0.1) is 0 Å². The number of carbonyl (C=O) groups excluding carboxylic acids is 1. The third-order valence-corrected chi connectivity index (χ3v) is 3.11. The molecule has 0 heterocycles. The van der Waals surface area contributed by atoms with Crippen molar-refractivity contribution in [3.05, 3.63) is 70.2 Å². The summed E-state index contributed by atoms with van der Waals surface area (Å²) in [7, 11) is 0. The molecule has 2 rings (SSSR count). The molecule has 106 valence electrons. The van der Waals surface area contributed by atoms with Gasteiger partial charge in [-0.25, -0.2) is 5.43 Å². The molecule has 0 atom stereocenters. The zero-order chi connectivity index (χ0) is 15.1. The number of phenols is 1. The number of hydrogen-bond acceptors (Lipinski definition) is 3. The first-order valence-electron chi connectivity index (χ1n) is 6.20. The van der Waals surface area contributed by atoms with E-state index in [-0.39, 0.29) is 11.3 Å². The van der Waals surface area contributed by atoms with Gasteiger partial charge in [0.2, 0.25) is 0 Å². The molecule has 5 heteroatoms. The lowest BCUT2D eigenvalue weighted by atomic mass is 10.2. The first-order chi connectivity index (χ1) is 10.2. The number of hydrazone groups is 1. The average molecular weight is 345 g/mol. The quantitative estimate of drug-likeness (QED) is 0.657. The summed E-state index contributed by atoms with van der Waals surface area (Å²) in [6, 6.07) is 14.4. The second kappa shape index (κ2) is 7.40. The zero-order valence-corrected chi connectivity index (χ0v) is 12.6. The van der Waals surface area contributed by atoms with Crippen molar-refractivity contribution >= 4 is 34.1 Å². The first kappa shape index (κ1) is 15.0. The first-order valence-corrected chi connectivity index (χ1v) is 7.00. The Bertz CT molecular complexity index is 682. The molecule has 4 nitrogen and oxygen atoms in total. The number of rotatable bonds is 4. The Kier molecular flexibility index (Phi) is 5.29. The molecule has 0 aliphatic carbocycles. The van der Waals surface area contributed by atoms with Gasteiger partial charge in [-0.15, -0.1) is 0 Å². The average Bonchev–Trinajstić information content (AvgIpc) is 2.50. The molecule has 0 fully saturated rings. The molecule has 0 aliphatic rings. The fourth-order valence-electron chi connectivity index (χ4n) is 1.61. The van der Waals surface area contributed by atoms with E-state index in [1.165, 1.54) is 18.3 Å². The van der Waals surface area contributed by atoms with Crippen LogP contribution in [0.25, 0.3) is 6.08 Å². The molecule has 0 unspecified atom stereocenters. The maximum atomic E-state index is 11.8. The van der Waals surface area contributed by atoms with Crippen LogP contribution in [0.15, 0.2) is 64.2 Å². The molecule has 0 spiro atoms. The fraction of sp³-hybridized carbons (Fsp3) is 0. The van der Waals surface area contributed by atoms with E-state index in [9.17, 15) is 9.90 Å². The normalized spacial score (nSPS) is 11.1. The molecule has 0 saturated carbocycles. The van der Waals surface area contributed by atoms with Crippen LogP contribution < -0.4 is 5.43 Å². The van der Waals surface area contributed by atoms with E-state index in [1.54, 1.807) is 12.1 Å². The van der Waals surface area contributed by atoms with Crippen molar-refractivity contribution in [3.63, 3.8) is 0 Å². The minimum Gasteiger partial charge on any atom is -0.507 e. The molecule has 0 radical (unpaired) electrons. The van der Waals surface area contributed by atoms with Crippen LogP contribution in [-0.4, -0.2) is 17.2 Å². The maximum absolute atomic E-state index is 11.8. The summed E-state index contributed by atoms with van der Waals surface area (Å²) in [5.74, 6) is -0.566. The number of nitrogens with zero attached hydrogens (tertiary/aromatic N) is 1. The van der Waals surface area contributed by atoms with E-state index < -0.39 is 5.91 Å². The fourth-order valence-corrected chi connectivity index (χ4v) is 1.97. The molecule has 2 aromatic rings. The van der Waals surface area contributed by atoms with Crippen molar-refractivity contribution in [1.29, 1.82) is 0 Å². The highest BCUT2D eigenvalue weighted by molar-refractivity contribution is 9.10. The molecule has 21 heavy (non-hydrogen) atoms. The zero-order valence-electron chi connectivity index (χ0n) is 11.0. The SMILES string of the molecule is O=C(NN=CC=Cc1ccccc1)c1cc(Br)ccc1O. The minimum absolute atomic E-state index is 0.0919. The highest BCUT2D eigenvalue weighted by Gasteiger charge is 2.10. The van der Waals surface area contributed by atoms with Crippen molar-refractivity contribution in [1.82, 2.24) is 5.43 Å². The number of benzene rings is 2. The third-order valence-electron chi connectivity index (χ3n) is 2.62. The Hall–Kier alpha value is -2.40. The molecule has 2 aromatic carbocycles. The van der Waals surface area contributed by atoms with Gasteiger partial charge in [0.15, 0.2) is 0 Å². The predicted molar refractivity (Wildman–Crippen MR) is 87.2 cm³/mol. The Morgan fingerprint density at radius 2 is 1.95 bits per heavy atom. The second-order valence-corrected chi connectivity index (χ2v) is 5.07. The number of phenolic OH excluding ortho intramolecular Hbond substituents is 1. The standard InChI is InChI=1S/C16H13BrN2O2/c17-13-8-9-15(20)14(11-13)16(21)19-18-10-4-7-12-5-2-1-3-6-12/h1-11,20H,(H,19,21). The van der Waals surface area contributed by atoms with Gasteiger partial charge in [0.25, 0.3) is 5.91 Å². The largest absolute Gasteiger partial charge is 0.507 e. The summed E-state index contributed by atoms with van der Waals surface area (Å²) in [6.07, 6.45) is 5.06. The van der Waals surface area contributed by atoms with Gasteiger partial charge in [0, 0.05) is 10.7 Å². The number of allylic oxidation sites excluding steroid dienone is 1. The Labute approximate surface area is 130 Å². The Balaban J connectivity index is 1.93. The van der Waals surface area contributed by atoms with Crippen molar-refractivity contribution in [2.45, 2.75) is 0 Å². The van der Waals surface area contributed by atoms with Crippen molar-refractivity contribution in [2.75, 3.05) is 0 Å². The molecule has 0 aromatic heterocycles. The number of hydrogen-bond donors (Lipinski definition) is 2. The number of carbonyl (C=O) groups is 1. The highest BCUT2D eigenvalue weighted by Crippen LogP contribution is 2.21. The number of amides is 1. The van der Waals surface area contributed by atoms with Gasteiger partial charge in [-0.05, 0) is 29.8 Å². The van der Waals surface area contributed by atoms with Crippen molar-refractivity contribution in [3.8, 4) is 5.75 Å². The van der Waals surface area contributed by atoms with Gasteiger partial charge in [-0.3, -0.25) is 4.79 Å². The molecular formula is C16H13BrN2O2. The van der Waals surface area contributed by atoms with Crippen LogP contribution in [0.2, 0.25) is 0 Å². The van der Waals surface area contributed by atoms with E-state index in [4.69, 9.17) is 0 Å². The van der Waals surface area contributed by atoms with Crippen LogP contribution in [0.3, 0.4) is 0 Å². The molecule has 0 bridgehead atoms. The van der Waals surface area contributed by atoms with E-state index >= 15 is 0 Å². The lowest BCUT2D eigenvalue weighted by Crippen LogP contribution is -2.17. The number of aromatic hydroxyl groups is 1. The van der Waals surface area contributed by atoms with Gasteiger partial charge in [0.1, 0.15) is 5.75 Å². The second-order valence-electron chi connectivity index (χ2n) is 4.15. The summed E-state index contributed by atoms with van der Waals surface area (Å²) in [5.41, 5.74) is 3.55. The van der Waals surface area contributed by atoms with Crippen LogP contribution >= 0.6 is 15.9 Å². The van der Waals surface area contributed by atoms with E-state index in [2.05, 4.69) is 26.5 Å². The van der Waals surface area contributed by atoms with Crippen LogP contribution in [0.5, 0.6) is 5.75 Å². The van der Waals surface area contributed by atoms with Gasteiger partial charge < -0.3 is 5.11 Å². The van der Waals surface area contributed by atoms with E-state index in [1.807, 2.05) is 36.4 Å². The van der Waals surface area contributed by atoms with Gasteiger partial charge in [-0.1, -0.05) is 52.3 Å². The Morgan fingerprint density at radius 1 is 1.19 bits per heavy atom. The minimum atomic E-state index is -0.474. The number of halogens is 1. The van der Waals surface area contributed by atoms with E-state index in [0.717, 1.165) is 5.56 Å². The summed E-state index contributed by atoms with van der Waals surface area (Å²) in [5, 5.41) is 13.4. The monoisotopic (exact) mass is 344 g/mol. The smallest absolute Gasteiger partial charge is 0.275 e. The molecular weight excluding hydrogens is 332 g/mol. The third kappa shape index (κ3) is 4.57. The summed E-state index contributed by atoms with van der Waals surface area (Å²) < 4.78 is 0.707. The Morgan fingerprint density at radius 3 is 2.71 bits per heavy atom. The molecule has 0 aliphatic heterocycles. The summed E-state index contributed by atoms with van der Waals surface area (Å²) in [6.45, 7) is 0. The van der Waals surface area contributed by atoms with Gasteiger partial charge >= 0.3 is 0 Å². The molecule has 1 amide bonds. The van der Waals surface area contributed by atoms with Crippen LogP contribution in [0.4, 0.5) is 0 Å².